The first-order valence-electron chi connectivity index (χ1n) is 3.69. The molecule has 0 saturated carbocycles. The Labute approximate surface area is 70.6 Å². The van der Waals surface area contributed by atoms with Crippen LogP contribution < -0.4 is 9.47 Å². The second-order valence-corrected chi connectivity index (χ2v) is 2.68. The largest absolute Gasteiger partial charge is 0.432 e. The van der Waals surface area contributed by atoms with Crippen molar-refractivity contribution in [2.45, 2.75) is 13.3 Å². The van der Waals surface area contributed by atoms with Gasteiger partial charge in [0.2, 0.25) is 0 Å². The van der Waals surface area contributed by atoms with E-state index in [1.807, 2.05) is 25.1 Å². The van der Waals surface area contributed by atoms with Gasteiger partial charge in [-0.05, 0) is 31.3 Å². The fourth-order valence-electron chi connectivity index (χ4n) is 1.12. The summed E-state index contributed by atoms with van der Waals surface area (Å²) in [7, 11) is 0. The van der Waals surface area contributed by atoms with Crippen LogP contribution in [0.25, 0.3) is 0 Å². The Morgan fingerprint density at radius 2 is 2.08 bits per heavy atom. The highest BCUT2D eigenvalue weighted by Crippen LogP contribution is 2.35. The van der Waals surface area contributed by atoms with E-state index in [2.05, 4.69) is 11.7 Å². The maximum absolute atomic E-state index is 5.29. The van der Waals surface area contributed by atoms with Crippen molar-refractivity contribution < 1.29 is 9.47 Å². The van der Waals surface area contributed by atoms with Crippen LogP contribution in [0.15, 0.2) is 23.2 Å². The third kappa shape index (κ3) is 1.03. The van der Waals surface area contributed by atoms with Gasteiger partial charge in [-0.2, -0.15) is 0 Å². The zero-order chi connectivity index (χ0) is 8.55. The summed E-state index contributed by atoms with van der Waals surface area (Å²) >= 11 is 0. The lowest BCUT2D eigenvalue weighted by atomic mass is 10.2. The molecule has 0 amide bonds. The average Bonchev–Trinajstić information content (AvgIpc) is 2.46. The molecule has 0 saturated heterocycles. The Hall–Kier alpha value is -1.51. The summed E-state index contributed by atoms with van der Waals surface area (Å²) in [5, 5.41) is 0. The SMILES string of the molecule is C=NC1Oc2ccc(C)cc2O1. The molecule has 1 unspecified atom stereocenters. The van der Waals surface area contributed by atoms with Crippen molar-refractivity contribution in [3.63, 3.8) is 0 Å². The van der Waals surface area contributed by atoms with E-state index in [1.165, 1.54) is 0 Å². The van der Waals surface area contributed by atoms with Gasteiger partial charge in [0.15, 0.2) is 11.5 Å². The molecule has 0 fully saturated rings. The van der Waals surface area contributed by atoms with Crippen LogP contribution in [0.5, 0.6) is 11.5 Å². The van der Waals surface area contributed by atoms with Crippen LogP contribution >= 0.6 is 0 Å². The van der Waals surface area contributed by atoms with Gasteiger partial charge in [-0.15, -0.1) is 0 Å². The third-order valence-electron chi connectivity index (χ3n) is 1.70. The zero-order valence-electron chi connectivity index (χ0n) is 6.78. The van der Waals surface area contributed by atoms with Crippen LogP contribution in [-0.2, 0) is 0 Å². The van der Waals surface area contributed by atoms with Gasteiger partial charge >= 0.3 is 6.41 Å². The van der Waals surface area contributed by atoms with E-state index in [0.717, 1.165) is 17.1 Å². The lowest BCUT2D eigenvalue weighted by molar-refractivity contribution is 0.0595. The van der Waals surface area contributed by atoms with Crippen molar-refractivity contribution in [2.24, 2.45) is 4.99 Å². The maximum atomic E-state index is 5.29. The summed E-state index contributed by atoms with van der Waals surface area (Å²) in [4.78, 5) is 3.64. The van der Waals surface area contributed by atoms with Gasteiger partial charge in [0.1, 0.15) is 0 Å². The van der Waals surface area contributed by atoms with Crippen molar-refractivity contribution >= 4 is 6.72 Å². The number of ether oxygens (including phenoxy) is 2. The summed E-state index contributed by atoms with van der Waals surface area (Å²) in [5.74, 6) is 1.48. The number of fused-ring (bicyclic) bond motifs is 1. The number of rotatable bonds is 1. The first-order chi connectivity index (χ1) is 5.79. The molecule has 0 N–H and O–H groups in total. The van der Waals surface area contributed by atoms with Crippen LogP contribution in [0.4, 0.5) is 0 Å². The van der Waals surface area contributed by atoms with E-state index in [9.17, 15) is 0 Å². The molecule has 0 aromatic heterocycles. The minimum atomic E-state index is -0.568. The van der Waals surface area contributed by atoms with Crippen molar-refractivity contribution in [3.8, 4) is 11.5 Å². The number of hydrogen-bond donors (Lipinski definition) is 0. The molecule has 1 aromatic carbocycles. The molecule has 2 rings (SSSR count). The summed E-state index contributed by atoms with van der Waals surface area (Å²) in [6, 6.07) is 5.75. The topological polar surface area (TPSA) is 30.8 Å². The maximum Gasteiger partial charge on any atom is 0.344 e. The van der Waals surface area contributed by atoms with Crippen molar-refractivity contribution in [2.75, 3.05) is 0 Å². The molecule has 1 aliphatic heterocycles. The molecule has 1 aromatic rings. The van der Waals surface area contributed by atoms with Crippen LogP contribution in [-0.4, -0.2) is 13.1 Å². The minimum Gasteiger partial charge on any atom is -0.432 e. The standard InChI is InChI=1S/C9H9NO2/c1-6-3-4-7-8(5-6)12-9(10-2)11-7/h3-5,9H,2H2,1H3. The highest BCUT2D eigenvalue weighted by molar-refractivity contribution is 5.44. The Kier molecular flexibility index (Phi) is 1.50. The lowest BCUT2D eigenvalue weighted by Crippen LogP contribution is -2.13. The Balaban J connectivity index is 2.35. The molecular formula is C9H9NO2. The minimum absolute atomic E-state index is 0.568. The molecule has 0 radical (unpaired) electrons. The molecule has 62 valence electrons. The van der Waals surface area contributed by atoms with Gasteiger partial charge in [-0.3, -0.25) is 0 Å². The number of nitrogens with zero attached hydrogens (tertiary/aromatic N) is 1. The molecule has 0 bridgehead atoms. The van der Waals surface area contributed by atoms with E-state index in [4.69, 9.17) is 9.47 Å². The fraction of sp³-hybridized carbons (Fsp3) is 0.222. The molecule has 3 heteroatoms. The summed E-state index contributed by atoms with van der Waals surface area (Å²) in [5.41, 5.74) is 1.14. The molecule has 1 atom stereocenters. The molecule has 3 nitrogen and oxygen atoms in total. The first kappa shape index (κ1) is 7.16. The van der Waals surface area contributed by atoms with E-state index in [0.29, 0.717) is 0 Å². The summed E-state index contributed by atoms with van der Waals surface area (Å²) in [6.07, 6.45) is -0.568. The van der Waals surface area contributed by atoms with Gasteiger partial charge in [0.05, 0.1) is 0 Å². The van der Waals surface area contributed by atoms with Crippen molar-refractivity contribution in [1.29, 1.82) is 0 Å². The molecule has 1 heterocycles. The van der Waals surface area contributed by atoms with E-state index in [1.54, 1.807) is 0 Å². The van der Waals surface area contributed by atoms with E-state index >= 15 is 0 Å². The number of hydrogen-bond acceptors (Lipinski definition) is 3. The van der Waals surface area contributed by atoms with Gasteiger partial charge in [-0.25, -0.2) is 4.99 Å². The summed E-state index contributed by atoms with van der Waals surface area (Å²) < 4.78 is 10.5. The Morgan fingerprint density at radius 3 is 2.83 bits per heavy atom. The average molecular weight is 163 g/mol. The van der Waals surface area contributed by atoms with Gasteiger partial charge in [0.25, 0.3) is 0 Å². The van der Waals surface area contributed by atoms with Crippen LogP contribution in [0.2, 0.25) is 0 Å². The van der Waals surface area contributed by atoms with E-state index < -0.39 is 6.41 Å². The Bertz CT molecular complexity index is 322. The van der Waals surface area contributed by atoms with Crippen LogP contribution in [0.3, 0.4) is 0 Å². The highest BCUT2D eigenvalue weighted by Gasteiger charge is 2.21. The van der Waals surface area contributed by atoms with Gasteiger partial charge in [0, 0.05) is 0 Å². The fourth-order valence-corrected chi connectivity index (χ4v) is 1.12. The molecule has 1 aliphatic rings. The third-order valence-corrected chi connectivity index (χ3v) is 1.70. The van der Waals surface area contributed by atoms with E-state index in [-0.39, 0.29) is 0 Å². The number of aryl methyl sites for hydroxylation is 1. The predicted molar refractivity (Wildman–Crippen MR) is 45.8 cm³/mol. The molecule has 12 heavy (non-hydrogen) atoms. The normalized spacial score (nSPS) is 19.2. The Morgan fingerprint density at radius 1 is 1.33 bits per heavy atom. The quantitative estimate of drug-likeness (QED) is 0.590. The number of aliphatic imine (C=N–C) groups is 1. The first-order valence-corrected chi connectivity index (χ1v) is 3.69. The van der Waals surface area contributed by atoms with Crippen LogP contribution in [0, 0.1) is 6.92 Å². The zero-order valence-corrected chi connectivity index (χ0v) is 6.78. The van der Waals surface area contributed by atoms with Gasteiger partial charge in [-0.1, -0.05) is 6.07 Å². The number of benzene rings is 1. The highest BCUT2D eigenvalue weighted by atomic mass is 16.7. The molecule has 0 spiro atoms. The summed E-state index contributed by atoms with van der Waals surface area (Å²) in [6.45, 7) is 5.35. The van der Waals surface area contributed by atoms with Crippen molar-refractivity contribution in [1.82, 2.24) is 0 Å². The van der Waals surface area contributed by atoms with Crippen LogP contribution in [0.1, 0.15) is 5.56 Å². The predicted octanol–water partition coefficient (Wildman–Crippen LogP) is 1.75. The second-order valence-electron chi connectivity index (χ2n) is 2.68. The lowest BCUT2D eigenvalue weighted by Gasteiger charge is -2.00. The molecular weight excluding hydrogens is 154 g/mol. The smallest absolute Gasteiger partial charge is 0.344 e. The van der Waals surface area contributed by atoms with Gasteiger partial charge < -0.3 is 9.47 Å². The second kappa shape index (κ2) is 2.52. The van der Waals surface area contributed by atoms with Crippen molar-refractivity contribution in [3.05, 3.63) is 23.8 Å². The monoisotopic (exact) mass is 163 g/mol. The molecule has 0 aliphatic carbocycles.